The van der Waals surface area contributed by atoms with Gasteiger partial charge in [-0.25, -0.2) is 4.79 Å². The van der Waals surface area contributed by atoms with E-state index in [0.717, 1.165) is 6.42 Å². The summed E-state index contributed by atoms with van der Waals surface area (Å²) in [5, 5.41) is 8.67. The van der Waals surface area contributed by atoms with Gasteiger partial charge in [0.25, 0.3) is 0 Å². The predicted octanol–water partition coefficient (Wildman–Crippen LogP) is 0.489. The van der Waals surface area contributed by atoms with E-state index in [9.17, 15) is 14.4 Å². The average Bonchev–Trinajstić information content (AvgIpc) is 2.80. The zero-order chi connectivity index (χ0) is 15.3. The van der Waals surface area contributed by atoms with Crippen LogP contribution in [0.4, 0.5) is 4.79 Å². The van der Waals surface area contributed by atoms with Gasteiger partial charge in [-0.2, -0.15) is 0 Å². The molecular weight excluding hydrogens is 262 g/mol. The van der Waals surface area contributed by atoms with Gasteiger partial charge >= 0.3 is 12.0 Å². The van der Waals surface area contributed by atoms with Crippen LogP contribution >= 0.6 is 0 Å². The van der Waals surface area contributed by atoms with Crippen LogP contribution in [-0.2, 0) is 9.59 Å². The fraction of sp³-hybridized carbons (Fsp3) is 0.769. The normalized spacial score (nSPS) is 18.4. The minimum Gasteiger partial charge on any atom is -0.481 e. The van der Waals surface area contributed by atoms with Gasteiger partial charge in [0.2, 0.25) is 5.91 Å². The lowest BCUT2D eigenvalue weighted by Crippen LogP contribution is -2.49. The van der Waals surface area contributed by atoms with Crippen LogP contribution in [0, 0.1) is 5.92 Å². The van der Waals surface area contributed by atoms with E-state index in [1.54, 1.807) is 4.90 Å². The van der Waals surface area contributed by atoms with Crippen molar-refractivity contribution in [3.8, 4) is 0 Å². The van der Waals surface area contributed by atoms with Gasteiger partial charge in [0.05, 0.1) is 0 Å². The maximum Gasteiger partial charge on any atom is 0.320 e. The Morgan fingerprint density at radius 3 is 2.55 bits per heavy atom. The van der Waals surface area contributed by atoms with Gasteiger partial charge in [0.1, 0.15) is 6.54 Å². The van der Waals surface area contributed by atoms with Gasteiger partial charge in [0, 0.05) is 25.6 Å². The highest BCUT2D eigenvalue weighted by Gasteiger charge is 2.31. The van der Waals surface area contributed by atoms with Crippen molar-refractivity contribution < 1.29 is 19.5 Å². The molecule has 1 saturated heterocycles. The molecular formula is C13H23N3O4. The van der Waals surface area contributed by atoms with Crippen LogP contribution in [0.25, 0.3) is 0 Å². The van der Waals surface area contributed by atoms with Crippen LogP contribution in [0.1, 0.15) is 33.1 Å². The highest BCUT2D eigenvalue weighted by Crippen LogP contribution is 2.22. The zero-order valence-corrected chi connectivity index (χ0v) is 12.0. The Kier molecular flexibility index (Phi) is 5.79. The van der Waals surface area contributed by atoms with E-state index in [2.05, 4.69) is 0 Å². The molecule has 0 aromatic carbocycles. The highest BCUT2D eigenvalue weighted by atomic mass is 16.4. The minimum absolute atomic E-state index is 0.0905. The molecule has 3 N–H and O–H groups in total. The summed E-state index contributed by atoms with van der Waals surface area (Å²) in [5.74, 6) is -1.13. The number of carboxylic acid groups (broad SMARTS) is 1. The molecule has 114 valence electrons. The average molecular weight is 285 g/mol. The Balaban J connectivity index is 2.54. The molecule has 0 radical (unpaired) electrons. The molecule has 1 rings (SSSR count). The van der Waals surface area contributed by atoms with E-state index in [4.69, 9.17) is 10.8 Å². The second-order valence-corrected chi connectivity index (χ2v) is 5.50. The number of carbonyl (C=O) groups is 3. The summed E-state index contributed by atoms with van der Waals surface area (Å²) in [5.41, 5.74) is 5.16. The SMILES string of the molecule is CC(C)N(CC(N)=O)C(=O)N1CCC(CCC(=O)O)C1. The summed E-state index contributed by atoms with van der Waals surface area (Å²) in [6.07, 6.45) is 1.51. The zero-order valence-electron chi connectivity index (χ0n) is 12.0. The first-order valence-electron chi connectivity index (χ1n) is 6.87. The number of primary amides is 1. The molecule has 0 aromatic heterocycles. The fourth-order valence-corrected chi connectivity index (χ4v) is 2.39. The first-order valence-corrected chi connectivity index (χ1v) is 6.87. The molecule has 1 aliphatic rings. The van der Waals surface area contributed by atoms with Crippen molar-refractivity contribution in [2.75, 3.05) is 19.6 Å². The van der Waals surface area contributed by atoms with Crippen molar-refractivity contribution in [3.05, 3.63) is 0 Å². The number of carboxylic acids is 1. The van der Waals surface area contributed by atoms with Gasteiger partial charge in [-0.3, -0.25) is 9.59 Å². The smallest absolute Gasteiger partial charge is 0.320 e. The molecule has 0 aromatic rings. The van der Waals surface area contributed by atoms with Crippen LogP contribution in [0.5, 0.6) is 0 Å². The van der Waals surface area contributed by atoms with Crippen molar-refractivity contribution in [2.45, 2.75) is 39.2 Å². The second kappa shape index (κ2) is 7.12. The standard InChI is InChI=1S/C13H23N3O4/c1-9(2)16(8-11(14)17)13(20)15-6-5-10(7-15)3-4-12(18)19/h9-10H,3-8H2,1-2H3,(H2,14,17)(H,18,19). The molecule has 7 heteroatoms. The Morgan fingerprint density at radius 2 is 2.05 bits per heavy atom. The number of aliphatic carboxylic acids is 1. The highest BCUT2D eigenvalue weighted by molar-refractivity contribution is 5.83. The van der Waals surface area contributed by atoms with Crippen LogP contribution < -0.4 is 5.73 Å². The molecule has 0 bridgehead atoms. The Hall–Kier alpha value is -1.79. The number of hydrogen-bond donors (Lipinski definition) is 2. The van der Waals surface area contributed by atoms with E-state index in [1.165, 1.54) is 4.90 Å². The monoisotopic (exact) mass is 285 g/mol. The summed E-state index contributed by atoms with van der Waals surface area (Å²) in [6, 6.07) is -0.301. The number of rotatable bonds is 6. The molecule has 0 aliphatic carbocycles. The van der Waals surface area contributed by atoms with Crippen LogP contribution in [0.2, 0.25) is 0 Å². The van der Waals surface area contributed by atoms with Crippen LogP contribution in [0.15, 0.2) is 0 Å². The topological polar surface area (TPSA) is 104 Å². The Morgan fingerprint density at radius 1 is 1.40 bits per heavy atom. The van der Waals surface area contributed by atoms with Gasteiger partial charge in [0.15, 0.2) is 0 Å². The first-order chi connectivity index (χ1) is 9.31. The molecule has 1 atom stereocenters. The summed E-state index contributed by atoms with van der Waals surface area (Å²) in [6.45, 7) is 4.73. The quantitative estimate of drug-likeness (QED) is 0.741. The molecule has 3 amide bonds. The van der Waals surface area contributed by atoms with Crippen molar-refractivity contribution in [1.82, 2.24) is 9.80 Å². The lowest BCUT2D eigenvalue weighted by molar-refractivity contribution is -0.137. The van der Waals surface area contributed by atoms with Crippen molar-refractivity contribution in [3.63, 3.8) is 0 Å². The van der Waals surface area contributed by atoms with Crippen molar-refractivity contribution in [2.24, 2.45) is 11.7 Å². The third kappa shape index (κ3) is 4.71. The minimum atomic E-state index is -0.813. The van der Waals surface area contributed by atoms with E-state index in [0.29, 0.717) is 19.5 Å². The first kappa shape index (κ1) is 16.3. The summed E-state index contributed by atoms with van der Waals surface area (Å²) < 4.78 is 0. The van der Waals surface area contributed by atoms with Gasteiger partial charge in [-0.1, -0.05) is 0 Å². The number of nitrogens with zero attached hydrogens (tertiary/aromatic N) is 2. The summed E-state index contributed by atoms with van der Waals surface area (Å²) in [7, 11) is 0. The molecule has 20 heavy (non-hydrogen) atoms. The van der Waals surface area contributed by atoms with Gasteiger partial charge in [-0.15, -0.1) is 0 Å². The number of carbonyl (C=O) groups excluding carboxylic acids is 2. The number of likely N-dealkylation sites (tertiary alicyclic amines) is 1. The molecule has 0 saturated carbocycles. The number of nitrogens with two attached hydrogens (primary N) is 1. The van der Waals surface area contributed by atoms with E-state index >= 15 is 0 Å². The Bertz CT molecular complexity index is 384. The van der Waals surface area contributed by atoms with Crippen molar-refractivity contribution in [1.29, 1.82) is 0 Å². The van der Waals surface area contributed by atoms with Gasteiger partial charge < -0.3 is 20.6 Å². The lowest BCUT2D eigenvalue weighted by atomic mass is 10.0. The fourth-order valence-electron chi connectivity index (χ4n) is 2.39. The van der Waals surface area contributed by atoms with Gasteiger partial charge in [-0.05, 0) is 32.6 Å². The van der Waals surface area contributed by atoms with Crippen LogP contribution in [0.3, 0.4) is 0 Å². The largest absolute Gasteiger partial charge is 0.481 e. The summed E-state index contributed by atoms with van der Waals surface area (Å²) >= 11 is 0. The number of hydrogen-bond acceptors (Lipinski definition) is 3. The molecule has 0 spiro atoms. The molecule has 7 nitrogen and oxygen atoms in total. The number of amides is 3. The lowest BCUT2D eigenvalue weighted by Gasteiger charge is -2.30. The van der Waals surface area contributed by atoms with Crippen LogP contribution in [-0.4, -0.2) is 58.5 Å². The predicted molar refractivity (Wildman–Crippen MR) is 73.0 cm³/mol. The van der Waals surface area contributed by atoms with E-state index < -0.39 is 11.9 Å². The third-order valence-corrected chi connectivity index (χ3v) is 3.52. The maximum atomic E-state index is 12.3. The molecule has 1 fully saturated rings. The van der Waals surface area contributed by atoms with Crippen molar-refractivity contribution >= 4 is 17.9 Å². The molecule has 1 aliphatic heterocycles. The number of urea groups is 1. The third-order valence-electron chi connectivity index (χ3n) is 3.52. The molecule has 1 heterocycles. The molecule has 1 unspecified atom stereocenters. The van der Waals surface area contributed by atoms with E-state index in [1.807, 2.05) is 13.8 Å². The maximum absolute atomic E-state index is 12.3. The second-order valence-electron chi connectivity index (χ2n) is 5.50. The Labute approximate surface area is 118 Å². The van der Waals surface area contributed by atoms with E-state index in [-0.39, 0.29) is 31.0 Å². The summed E-state index contributed by atoms with van der Waals surface area (Å²) in [4.78, 5) is 37.0.